The van der Waals surface area contributed by atoms with Crippen LogP contribution in [0.4, 0.5) is 0 Å². The molecule has 4 aliphatic rings. The number of fused-ring (bicyclic) bond motifs is 5. The minimum absolute atomic E-state index is 0.554. The largest absolute Gasteiger partial charge is 0.0852 e. The standard InChI is InChI=1S/C28H46/c1-19(2)20(3)10-11-21(4)24-14-15-25-23-13-12-22-9-7-8-17-27(22,5)26(23)16-18-28(24,25)6/h10-12,19-21,23-26H,7-9,13-18H2,1-6H3/t20?,21-,23+,24-,25+,26+,27+,28-/m1/s1. The molecule has 4 rings (SSSR count). The van der Waals surface area contributed by atoms with Gasteiger partial charge in [0, 0.05) is 0 Å². The molecule has 0 bridgehead atoms. The van der Waals surface area contributed by atoms with Crippen LogP contribution in [0.1, 0.15) is 99.3 Å². The topological polar surface area (TPSA) is 0 Å². The van der Waals surface area contributed by atoms with Gasteiger partial charge < -0.3 is 0 Å². The Labute approximate surface area is 175 Å². The van der Waals surface area contributed by atoms with Crippen LogP contribution in [-0.2, 0) is 0 Å². The summed E-state index contributed by atoms with van der Waals surface area (Å²) in [5.74, 6) is 6.04. The van der Waals surface area contributed by atoms with Gasteiger partial charge in [0.25, 0.3) is 0 Å². The molecule has 0 heteroatoms. The summed E-state index contributed by atoms with van der Waals surface area (Å²) in [6.45, 7) is 15.0. The number of hydrogen-bond acceptors (Lipinski definition) is 0. The molecule has 0 N–H and O–H groups in total. The predicted octanol–water partition coefficient (Wildman–Crippen LogP) is 8.44. The third-order valence-corrected chi connectivity index (χ3v) is 10.5. The van der Waals surface area contributed by atoms with E-state index in [1.54, 1.807) is 0 Å². The van der Waals surface area contributed by atoms with Crippen LogP contribution in [0.5, 0.6) is 0 Å². The highest BCUT2D eigenvalue weighted by molar-refractivity contribution is 5.24. The van der Waals surface area contributed by atoms with E-state index in [0.29, 0.717) is 16.7 Å². The molecule has 0 aromatic rings. The van der Waals surface area contributed by atoms with Crippen LogP contribution in [0.2, 0.25) is 0 Å². The van der Waals surface area contributed by atoms with Crippen molar-refractivity contribution in [1.29, 1.82) is 0 Å². The fraction of sp³-hybridized carbons (Fsp3) is 0.857. The van der Waals surface area contributed by atoms with Gasteiger partial charge in [0.15, 0.2) is 0 Å². The minimum Gasteiger partial charge on any atom is -0.0852 e. The average molecular weight is 383 g/mol. The van der Waals surface area contributed by atoms with Crippen molar-refractivity contribution in [2.24, 2.45) is 52.3 Å². The van der Waals surface area contributed by atoms with Crippen molar-refractivity contribution in [2.75, 3.05) is 0 Å². The van der Waals surface area contributed by atoms with E-state index < -0.39 is 0 Å². The maximum absolute atomic E-state index is 2.73. The zero-order chi connectivity index (χ0) is 20.1. The molecule has 4 aliphatic carbocycles. The maximum Gasteiger partial charge on any atom is -0.00853 e. The van der Waals surface area contributed by atoms with Gasteiger partial charge in [-0.2, -0.15) is 0 Å². The van der Waals surface area contributed by atoms with E-state index in [9.17, 15) is 0 Å². The molecule has 1 unspecified atom stereocenters. The maximum atomic E-state index is 2.73. The average Bonchev–Trinajstić information content (AvgIpc) is 3.02. The molecule has 28 heavy (non-hydrogen) atoms. The first-order chi connectivity index (χ1) is 13.3. The molecule has 3 saturated carbocycles. The zero-order valence-electron chi connectivity index (χ0n) is 19.6. The summed E-state index contributed by atoms with van der Waals surface area (Å²) < 4.78 is 0. The fourth-order valence-corrected chi connectivity index (χ4v) is 8.31. The predicted molar refractivity (Wildman–Crippen MR) is 122 cm³/mol. The third-order valence-electron chi connectivity index (χ3n) is 10.5. The van der Waals surface area contributed by atoms with Crippen molar-refractivity contribution >= 4 is 0 Å². The smallest absolute Gasteiger partial charge is 0.00853 e. The van der Waals surface area contributed by atoms with E-state index in [0.717, 1.165) is 35.5 Å². The van der Waals surface area contributed by atoms with Gasteiger partial charge in [-0.05, 0) is 104 Å². The van der Waals surface area contributed by atoms with Gasteiger partial charge >= 0.3 is 0 Å². The fourth-order valence-electron chi connectivity index (χ4n) is 8.31. The van der Waals surface area contributed by atoms with E-state index in [4.69, 9.17) is 0 Å². The van der Waals surface area contributed by atoms with Crippen LogP contribution in [0.25, 0.3) is 0 Å². The first-order valence-electron chi connectivity index (χ1n) is 12.6. The van der Waals surface area contributed by atoms with Gasteiger partial charge in [-0.3, -0.25) is 0 Å². The van der Waals surface area contributed by atoms with Crippen molar-refractivity contribution in [2.45, 2.75) is 99.3 Å². The summed E-state index contributed by atoms with van der Waals surface area (Å²) in [6, 6.07) is 0. The van der Waals surface area contributed by atoms with Gasteiger partial charge in [-0.25, -0.2) is 0 Å². The lowest BCUT2D eigenvalue weighted by atomic mass is 9.47. The molecule has 158 valence electrons. The molecule has 0 heterocycles. The van der Waals surface area contributed by atoms with E-state index in [1.165, 1.54) is 57.8 Å². The molecule has 0 aromatic heterocycles. The van der Waals surface area contributed by atoms with Crippen molar-refractivity contribution in [3.8, 4) is 0 Å². The molecule has 0 amide bonds. The first-order valence-corrected chi connectivity index (χ1v) is 12.6. The molecule has 8 atom stereocenters. The summed E-state index contributed by atoms with van der Waals surface area (Å²) in [5, 5.41) is 0. The van der Waals surface area contributed by atoms with E-state index in [2.05, 4.69) is 59.8 Å². The van der Waals surface area contributed by atoms with Crippen molar-refractivity contribution < 1.29 is 0 Å². The molecular weight excluding hydrogens is 336 g/mol. The molecule has 0 radical (unpaired) electrons. The third kappa shape index (κ3) is 3.26. The van der Waals surface area contributed by atoms with Crippen LogP contribution in [0, 0.1) is 52.3 Å². The first kappa shape index (κ1) is 20.7. The highest BCUT2D eigenvalue weighted by Crippen LogP contribution is 2.67. The van der Waals surface area contributed by atoms with Crippen LogP contribution in [-0.4, -0.2) is 0 Å². The Bertz CT molecular complexity index is 624. The normalized spacial score (nSPS) is 45.3. The quantitative estimate of drug-likeness (QED) is 0.428. The Kier molecular flexibility index (Phi) is 5.65. The van der Waals surface area contributed by atoms with Gasteiger partial charge in [0.05, 0.1) is 0 Å². The summed E-state index contributed by atoms with van der Waals surface area (Å²) in [4.78, 5) is 0. The van der Waals surface area contributed by atoms with E-state index in [1.807, 2.05) is 5.57 Å². The second kappa shape index (κ2) is 7.63. The molecule has 0 saturated heterocycles. The van der Waals surface area contributed by atoms with Gasteiger partial charge in [0.1, 0.15) is 0 Å². The van der Waals surface area contributed by atoms with Crippen LogP contribution < -0.4 is 0 Å². The summed E-state index contributed by atoms with van der Waals surface area (Å²) in [5.41, 5.74) is 3.00. The van der Waals surface area contributed by atoms with Crippen LogP contribution >= 0.6 is 0 Å². The number of rotatable bonds is 4. The van der Waals surface area contributed by atoms with Crippen LogP contribution in [0.3, 0.4) is 0 Å². The van der Waals surface area contributed by atoms with E-state index in [-0.39, 0.29) is 0 Å². The number of allylic oxidation sites excluding steroid dienone is 4. The Balaban J connectivity index is 1.53. The van der Waals surface area contributed by atoms with E-state index >= 15 is 0 Å². The lowest BCUT2D eigenvalue weighted by molar-refractivity contribution is -0.0462. The van der Waals surface area contributed by atoms with Crippen molar-refractivity contribution in [1.82, 2.24) is 0 Å². The monoisotopic (exact) mass is 382 g/mol. The van der Waals surface area contributed by atoms with Gasteiger partial charge in [0.2, 0.25) is 0 Å². The van der Waals surface area contributed by atoms with Crippen molar-refractivity contribution in [3.63, 3.8) is 0 Å². The lowest BCUT2D eigenvalue weighted by Gasteiger charge is -2.58. The molecular formula is C28H46. The summed E-state index contributed by atoms with van der Waals surface area (Å²) in [7, 11) is 0. The zero-order valence-corrected chi connectivity index (χ0v) is 19.6. The van der Waals surface area contributed by atoms with Gasteiger partial charge in [-0.1, -0.05) is 71.8 Å². The summed E-state index contributed by atoms with van der Waals surface area (Å²) >= 11 is 0. The Morgan fingerprint density at radius 1 is 0.929 bits per heavy atom. The highest BCUT2D eigenvalue weighted by atomic mass is 14.6. The van der Waals surface area contributed by atoms with Crippen LogP contribution in [0.15, 0.2) is 23.8 Å². The Morgan fingerprint density at radius 2 is 1.71 bits per heavy atom. The lowest BCUT2D eigenvalue weighted by Crippen LogP contribution is -2.49. The highest BCUT2D eigenvalue weighted by Gasteiger charge is 2.58. The molecule has 0 spiro atoms. The molecule has 0 nitrogen and oxygen atoms in total. The second-order valence-electron chi connectivity index (χ2n) is 12.0. The molecule has 0 aliphatic heterocycles. The summed E-state index contributed by atoms with van der Waals surface area (Å²) in [6.07, 6.45) is 21.0. The number of hydrogen-bond donors (Lipinski definition) is 0. The van der Waals surface area contributed by atoms with Crippen molar-refractivity contribution in [3.05, 3.63) is 23.8 Å². The minimum atomic E-state index is 0.554. The van der Waals surface area contributed by atoms with Gasteiger partial charge in [-0.15, -0.1) is 0 Å². The Morgan fingerprint density at radius 3 is 2.46 bits per heavy atom. The SMILES string of the molecule is CC(C)C(C)C=C[C@@H](C)[C@H]1CC[C@H]2[C@@H]3CC=C4CCCC[C@]4(C)[C@H]3CC[C@]12C. The Hall–Kier alpha value is -0.520. The second-order valence-corrected chi connectivity index (χ2v) is 12.0. The molecule has 0 aromatic carbocycles. The molecule has 3 fully saturated rings.